The Morgan fingerprint density at radius 3 is 2.06 bits per heavy atom. The van der Waals surface area contributed by atoms with E-state index >= 15 is 0 Å². The zero-order chi connectivity index (χ0) is 10.2. The molecule has 0 amide bonds. The van der Waals surface area contributed by atoms with Gasteiger partial charge in [-0.15, -0.1) is 6.42 Å². The van der Waals surface area contributed by atoms with Crippen molar-refractivity contribution in [1.82, 2.24) is 0 Å². The third-order valence-electron chi connectivity index (χ3n) is 1.74. The van der Waals surface area contributed by atoms with Crippen molar-refractivity contribution >= 4 is 5.69 Å². The summed E-state index contributed by atoms with van der Waals surface area (Å²) in [5, 5.41) is 0. The summed E-state index contributed by atoms with van der Waals surface area (Å²) in [5.41, 5.74) is 2.28. The van der Waals surface area contributed by atoms with Crippen molar-refractivity contribution in [3.05, 3.63) is 54.1 Å². The number of hydrogen-bond acceptors (Lipinski definition) is 1. The van der Waals surface area contributed by atoms with Crippen LogP contribution < -0.4 is 24.8 Å². The molecule has 0 saturated heterocycles. The number of allylic oxidation sites excluding steroid dienone is 4. The molecule has 0 N–H and O–H groups in total. The number of rotatable bonds is 1. The van der Waals surface area contributed by atoms with Gasteiger partial charge >= 0.3 is 57.0 Å². The van der Waals surface area contributed by atoms with Crippen molar-refractivity contribution in [2.24, 2.45) is 3.79 Å². The summed E-state index contributed by atoms with van der Waals surface area (Å²) in [7, 11) is 0. The van der Waals surface area contributed by atoms with Crippen molar-refractivity contribution in [2.45, 2.75) is 13.3 Å². The van der Waals surface area contributed by atoms with E-state index in [2.05, 4.69) is 46.2 Å². The molecule has 0 bridgehead atoms. The SMILES string of the molecule is CC1=[C-]CC=C1.[Cl-].[Cl-].[V+2]=[N]c1ccccc1. The fourth-order valence-corrected chi connectivity index (χ4v) is 1.22. The van der Waals surface area contributed by atoms with Crippen molar-refractivity contribution in [3.63, 3.8) is 0 Å². The summed E-state index contributed by atoms with van der Waals surface area (Å²) >= 11 is 2.19. The summed E-state index contributed by atoms with van der Waals surface area (Å²) in [6.45, 7) is 2.06. The quantitative estimate of drug-likeness (QED) is 0.519. The van der Waals surface area contributed by atoms with Gasteiger partial charge in [-0.05, 0) is 0 Å². The predicted octanol–water partition coefficient (Wildman–Crippen LogP) is -2.25. The molecule has 1 nitrogen and oxygen atoms in total. The van der Waals surface area contributed by atoms with Gasteiger partial charge in [0.05, 0.1) is 0 Å². The molecule has 1 aromatic carbocycles. The summed E-state index contributed by atoms with van der Waals surface area (Å²) < 4.78 is 3.91. The Kier molecular flexibility index (Phi) is 12.6. The van der Waals surface area contributed by atoms with E-state index in [4.69, 9.17) is 0 Å². The minimum absolute atomic E-state index is 0. The van der Waals surface area contributed by atoms with Crippen LogP contribution in [0.4, 0.5) is 5.69 Å². The molecule has 16 heavy (non-hydrogen) atoms. The van der Waals surface area contributed by atoms with E-state index < -0.39 is 0 Å². The first-order valence-electron chi connectivity index (χ1n) is 4.47. The van der Waals surface area contributed by atoms with Gasteiger partial charge < -0.3 is 24.8 Å². The monoisotopic (exact) mass is 291 g/mol. The van der Waals surface area contributed by atoms with Crippen LogP contribution in [0.2, 0.25) is 0 Å². The Morgan fingerprint density at radius 1 is 1.19 bits per heavy atom. The van der Waals surface area contributed by atoms with E-state index in [9.17, 15) is 0 Å². The second kappa shape index (κ2) is 11.2. The zero-order valence-electron chi connectivity index (χ0n) is 8.90. The minimum atomic E-state index is 0. The van der Waals surface area contributed by atoms with Crippen LogP contribution in [0.3, 0.4) is 0 Å². The van der Waals surface area contributed by atoms with Gasteiger partial charge in [-0.2, -0.15) is 6.08 Å². The number of nitrogens with zero attached hydrogens (tertiary/aromatic N) is 1. The molecule has 85 valence electrons. The topological polar surface area (TPSA) is 12.4 Å². The van der Waals surface area contributed by atoms with Gasteiger partial charge in [0.2, 0.25) is 0 Å². The van der Waals surface area contributed by atoms with Gasteiger partial charge in [0.1, 0.15) is 0 Å². The molecule has 1 aliphatic rings. The molecule has 0 aliphatic heterocycles. The van der Waals surface area contributed by atoms with Crippen molar-refractivity contribution in [2.75, 3.05) is 0 Å². The maximum absolute atomic E-state index is 3.91. The first kappa shape index (κ1) is 18.0. The van der Waals surface area contributed by atoms with Gasteiger partial charge in [-0.3, -0.25) is 6.08 Å². The van der Waals surface area contributed by atoms with Crippen LogP contribution in [-0.4, -0.2) is 0 Å². The molecule has 0 aromatic heterocycles. The Labute approximate surface area is 119 Å². The van der Waals surface area contributed by atoms with Crippen LogP contribution in [0.15, 0.2) is 51.8 Å². The van der Waals surface area contributed by atoms with Crippen molar-refractivity contribution < 1.29 is 42.0 Å². The molecule has 2 rings (SSSR count). The molecule has 4 heteroatoms. The number of hydrogen-bond donors (Lipinski definition) is 0. The normalized spacial score (nSPS) is 11.3. The van der Waals surface area contributed by atoms with E-state index in [1.54, 1.807) is 0 Å². The van der Waals surface area contributed by atoms with Gasteiger partial charge in [-0.25, -0.2) is 11.6 Å². The molecule has 0 unspecified atom stereocenters. The fourth-order valence-electron chi connectivity index (χ4n) is 1.01. The summed E-state index contributed by atoms with van der Waals surface area (Å²) in [6.07, 6.45) is 8.33. The molecule has 0 heterocycles. The van der Waals surface area contributed by atoms with Crippen LogP contribution in [0.1, 0.15) is 13.3 Å². The Hall–Kier alpha value is -0.336. The second-order valence-electron chi connectivity index (χ2n) is 2.90. The van der Waals surface area contributed by atoms with Gasteiger partial charge in [0.25, 0.3) is 0 Å². The average Bonchev–Trinajstić information content (AvgIpc) is 2.71. The molecule has 0 fully saturated rings. The van der Waals surface area contributed by atoms with Gasteiger partial charge in [-0.1, -0.05) is 6.92 Å². The molecule has 1 aromatic rings. The third kappa shape index (κ3) is 7.89. The average molecular weight is 292 g/mol. The molecule has 0 saturated carbocycles. The predicted molar refractivity (Wildman–Crippen MR) is 54.7 cm³/mol. The van der Waals surface area contributed by atoms with Crippen LogP contribution in [0, 0.1) is 6.08 Å². The molecule has 0 radical (unpaired) electrons. The number of halogens is 2. The standard InChI is InChI=1S/C6H5N.C6H7.2ClH.V/c7-6-4-2-1-3-5-6;1-6-4-2-3-5-6;;;/h1-5H;2,4H,3H2,1H3;2*1H;/q;-1;;;+2/p-2. The number of benzene rings is 1. The Bertz CT molecular complexity index is 345. The van der Waals surface area contributed by atoms with E-state index in [1.165, 1.54) is 5.57 Å². The van der Waals surface area contributed by atoms with Gasteiger partial charge in [0, 0.05) is 0 Å². The molecule has 1 aliphatic carbocycles. The second-order valence-corrected chi connectivity index (χ2v) is 3.21. The van der Waals surface area contributed by atoms with Crippen LogP contribution >= 0.6 is 0 Å². The van der Waals surface area contributed by atoms with Crippen molar-refractivity contribution in [1.29, 1.82) is 0 Å². The molecule has 0 spiro atoms. The Morgan fingerprint density at radius 2 is 1.81 bits per heavy atom. The van der Waals surface area contributed by atoms with E-state index in [0.29, 0.717) is 0 Å². The van der Waals surface area contributed by atoms with E-state index in [1.807, 2.05) is 30.3 Å². The maximum atomic E-state index is 3.91. The van der Waals surface area contributed by atoms with Crippen LogP contribution in [0.25, 0.3) is 0 Å². The van der Waals surface area contributed by atoms with Crippen LogP contribution in [-0.2, 0) is 17.2 Å². The van der Waals surface area contributed by atoms with E-state index in [0.717, 1.165) is 12.1 Å². The molecular formula is C12H12Cl2NV-. The summed E-state index contributed by atoms with van der Waals surface area (Å²) in [4.78, 5) is 0. The molecular weight excluding hydrogens is 280 g/mol. The fraction of sp³-hybridized carbons (Fsp3) is 0.167. The van der Waals surface area contributed by atoms with E-state index in [-0.39, 0.29) is 24.8 Å². The summed E-state index contributed by atoms with van der Waals surface area (Å²) in [5.74, 6) is 0. The van der Waals surface area contributed by atoms with Crippen LogP contribution in [0.5, 0.6) is 0 Å². The summed E-state index contributed by atoms with van der Waals surface area (Å²) in [6, 6.07) is 9.82. The molecule has 0 atom stereocenters. The third-order valence-corrected chi connectivity index (χ3v) is 2.10. The first-order valence-corrected chi connectivity index (χ1v) is 5.09. The zero-order valence-corrected chi connectivity index (χ0v) is 11.8. The van der Waals surface area contributed by atoms with Gasteiger partial charge in [0.15, 0.2) is 0 Å². The van der Waals surface area contributed by atoms with Crippen molar-refractivity contribution in [3.8, 4) is 0 Å². The Balaban J connectivity index is 0. The first-order chi connectivity index (χ1) is 6.83.